The zero-order valence-electron chi connectivity index (χ0n) is 17.3. The molecule has 1 aromatic heterocycles. The maximum absolute atomic E-state index is 13.4. The van der Waals surface area contributed by atoms with Crippen LogP contribution < -0.4 is 10.1 Å². The number of anilines is 2. The van der Waals surface area contributed by atoms with Gasteiger partial charge in [0.15, 0.2) is 0 Å². The number of phenols is 1. The Morgan fingerprint density at radius 1 is 1.18 bits per heavy atom. The third-order valence-corrected chi connectivity index (χ3v) is 4.86. The number of nitrogens with one attached hydrogen (secondary N) is 1. The summed E-state index contributed by atoms with van der Waals surface area (Å²) in [4.78, 5) is 17.4. The first kappa shape index (κ1) is 25.2. The number of nitrogens with zero attached hydrogens (tertiary/aromatic N) is 2. The summed E-state index contributed by atoms with van der Waals surface area (Å²) >= 11 is 5.86. The summed E-state index contributed by atoms with van der Waals surface area (Å²) in [6.45, 7) is 1.27. The van der Waals surface area contributed by atoms with Crippen LogP contribution in [0.3, 0.4) is 0 Å². The van der Waals surface area contributed by atoms with E-state index >= 15 is 0 Å². The lowest BCUT2D eigenvalue weighted by Crippen LogP contribution is -2.26. The van der Waals surface area contributed by atoms with E-state index in [1.54, 1.807) is 12.1 Å². The fraction of sp³-hybridized carbons (Fsp3) is 0.286. The van der Waals surface area contributed by atoms with Crippen LogP contribution in [0.4, 0.5) is 29.1 Å². The van der Waals surface area contributed by atoms with E-state index in [1.165, 1.54) is 24.5 Å². The van der Waals surface area contributed by atoms with Crippen molar-refractivity contribution in [2.45, 2.75) is 25.1 Å². The van der Waals surface area contributed by atoms with Gasteiger partial charge in [-0.3, -0.25) is 0 Å². The average molecular weight is 504 g/mol. The summed E-state index contributed by atoms with van der Waals surface area (Å²) in [7, 11) is 0. The highest BCUT2D eigenvalue weighted by Gasteiger charge is 2.38. The van der Waals surface area contributed by atoms with Crippen molar-refractivity contribution in [3.63, 3.8) is 0 Å². The molecule has 0 saturated carbocycles. The molecule has 0 unspecified atom stereocenters. The van der Waals surface area contributed by atoms with Gasteiger partial charge in [-0.25, -0.2) is 19.2 Å². The Morgan fingerprint density at radius 3 is 2.47 bits per heavy atom. The minimum absolute atomic E-state index is 0.00897. The summed E-state index contributed by atoms with van der Waals surface area (Å²) in [5, 5.41) is 20.9. The smallest absolute Gasteiger partial charge is 0.490 e. The van der Waals surface area contributed by atoms with Gasteiger partial charge in [0.05, 0.1) is 29.1 Å². The van der Waals surface area contributed by atoms with E-state index in [-0.39, 0.29) is 16.9 Å². The van der Waals surface area contributed by atoms with Gasteiger partial charge in [0, 0.05) is 30.7 Å². The van der Waals surface area contributed by atoms with E-state index < -0.39 is 18.0 Å². The Kier molecular flexibility index (Phi) is 7.94. The lowest BCUT2D eigenvalue weighted by atomic mass is 10.1. The number of fused-ring (bicyclic) bond motifs is 1. The number of aromatic hydroxyl groups is 1. The van der Waals surface area contributed by atoms with Gasteiger partial charge in [-0.05, 0) is 18.2 Å². The first-order valence-corrected chi connectivity index (χ1v) is 10.2. The predicted molar refractivity (Wildman–Crippen MR) is 114 cm³/mol. The lowest BCUT2D eigenvalue weighted by molar-refractivity contribution is -0.192. The van der Waals surface area contributed by atoms with E-state index in [4.69, 9.17) is 31.0 Å². The summed E-state index contributed by atoms with van der Waals surface area (Å²) < 4.78 is 56.6. The number of benzene rings is 2. The minimum Gasteiger partial charge on any atom is -0.508 e. The van der Waals surface area contributed by atoms with Crippen LogP contribution in [0.15, 0.2) is 36.7 Å². The van der Waals surface area contributed by atoms with Crippen molar-refractivity contribution >= 4 is 40.0 Å². The van der Waals surface area contributed by atoms with Crippen molar-refractivity contribution in [1.29, 1.82) is 0 Å². The SMILES string of the molecule is O=C(O)C(F)(F)F.Oc1cc(OC2CCOCC2)c2c(Nc3ccc(F)c(Cl)c3)ncnc2c1. The monoisotopic (exact) mass is 503 g/mol. The van der Waals surface area contributed by atoms with Crippen LogP contribution in [0.5, 0.6) is 11.5 Å². The highest BCUT2D eigenvalue weighted by Crippen LogP contribution is 2.36. The van der Waals surface area contributed by atoms with Crippen molar-refractivity contribution in [3.05, 3.63) is 47.5 Å². The van der Waals surface area contributed by atoms with Crippen molar-refractivity contribution in [2.24, 2.45) is 0 Å². The molecule has 1 aliphatic heterocycles. The van der Waals surface area contributed by atoms with Crippen LogP contribution in [-0.2, 0) is 9.53 Å². The largest absolute Gasteiger partial charge is 0.508 e. The average Bonchev–Trinajstić information content (AvgIpc) is 2.76. The fourth-order valence-electron chi connectivity index (χ4n) is 3.01. The number of ether oxygens (including phenoxy) is 2. The van der Waals surface area contributed by atoms with Gasteiger partial charge in [-0.15, -0.1) is 0 Å². The second-order valence-corrected chi connectivity index (χ2v) is 7.45. The van der Waals surface area contributed by atoms with Gasteiger partial charge in [0.2, 0.25) is 0 Å². The highest BCUT2D eigenvalue weighted by atomic mass is 35.5. The number of carboxylic acids is 1. The fourth-order valence-corrected chi connectivity index (χ4v) is 3.19. The second-order valence-electron chi connectivity index (χ2n) is 7.05. The van der Waals surface area contributed by atoms with Gasteiger partial charge in [0.1, 0.15) is 35.6 Å². The van der Waals surface area contributed by atoms with E-state index in [2.05, 4.69) is 15.3 Å². The van der Waals surface area contributed by atoms with Gasteiger partial charge in [0.25, 0.3) is 0 Å². The Hall–Kier alpha value is -3.38. The Morgan fingerprint density at radius 2 is 1.85 bits per heavy atom. The van der Waals surface area contributed by atoms with Crippen molar-refractivity contribution in [2.75, 3.05) is 18.5 Å². The topological polar surface area (TPSA) is 114 Å². The molecule has 2 heterocycles. The van der Waals surface area contributed by atoms with Crippen molar-refractivity contribution < 1.29 is 42.0 Å². The van der Waals surface area contributed by atoms with Gasteiger partial charge in [-0.1, -0.05) is 11.6 Å². The van der Waals surface area contributed by atoms with Crippen LogP contribution in [0, 0.1) is 5.82 Å². The Balaban J connectivity index is 0.000000406. The molecule has 3 aromatic rings. The molecule has 1 fully saturated rings. The summed E-state index contributed by atoms with van der Waals surface area (Å²) in [5.74, 6) is -2.24. The highest BCUT2D eigenvalue weighted by molar-refractivity contribution is 6.31. The number of aromatic nitrogens is 2. The molecule has 182 valence electrons. The molecule has 4 rings (SSSR count). The molecule has 0 bridgehead atoms. The molecule has 0 radical (unpaired) electrons. The summed E-state index contributed by atoms with van der Waals surface area (Å²) in [6.07, 6.45) is -2.19. The third-order valence-electron chi connectivity index (χ3n) is 4.57. The molecular weight excluding hydrogens is 486 g/mol. The zero-order valence-corrected chi connectivity index (χ0v) is 18.0. The normalized spacial score (nSPS) is 14.3. The summed E-state index contributed by atoms with van der Waals surface area (Å²) in [5.41, 5.74) is 1.11. The molecular formula is C21H18ClF4N3O5. The van der Waals surface area contributed by atoms with Crippen LogP contribution in [0.25, 0.3) is 10.9 Å². The number of carboxylic acid groups (broad SMARTS) is 1. The number of alkyl halides is 3. The lowest BCUT2D eigenvalue weighted by Gasteiger charge is -2.24. The molecule has 1 saturated heterocycles. The maximum Gasteiger partial charge on any atom is 0.490 e. The minimum atomic E-state index is -5.08. The van der Waals surface area contributed by atoms with E-state index in [0.29, 0.717) is 41.4 Å². The van der Waals surface area contributed by atoms with E-state index in [1.807, 2.05) is 0 Å². The van der Waals surface area contributed by atoms with Crippen LogP contribution in [-0.4, -0.2) is 51.6 Å². The quantitative estimate of drug-likeness (QED) is 0.423. The molecule has 3 N–H and O–H groups in total. The van der Waals surface area contributed by atoms with E-state index in [0.717, 1.165) is 12.8 Å². The van der Waals surface area contributed by atoms with Gasteiger partial charge >= 0.3 is 12.1 Å². The Bertz CT molecular complexity index is 1170. The van der Waals surface area contributed by atoms with Crippen LogP contribution >= 0.6 is 11.6 Å². The number of halogens is 5. The van der Waals surface area contributed by atoms with Crippen molar-refractivity contribution in [3.8, 4) is 11.5 Å². The molecule has 0 spiro atoms. The number of carbonyl (C=O) groups is 1. The van der Waals surface area contributed by atoms with Crippen molar-refractivity contribution in [1.82, 2.24) is 9.97 Å². The molecule has 1 aliphatic rings. The zero-order chi connectivity index (χ0) is 24.9. The first-order chi connectivity index (χ1) is 16.0. The number of hydrogen-bond donors (Lipinski definition) is 3. The van der Waals surface area contributed by atoms with Crippen LogP contribution in [0.2, 0.25) is 5.02 Å². The maximum atomic E-state index is 13.4. The number of rotatable bonds is 4. The molecule has 2 aromatic carbocycles. The summed E-state index contributed by atoms with van der Waals surface area (Å²) in [6, 6.07) is 7.40. The standard InChI is InChI=1S/C19H17ClFN3O3.C2HF3O2/c20-14-7-11(1-2-15(14)21)24-19-18-16(22-10-23-19)8-12(25)9-17(18)27-13-3-5-26-6-4-13;3-2(4,5)1(6)7/h1-2,7-10,13,25H,3-6H2,(H,22,23,24);(H,6,7). The Labute approximate surface area is 195 Å². The van der Waals surface area contributed by atoms with Crippen LogP contribution in [0.1, 0.15) is 12.8 Å². The van der Waals surface area contributed by atoms with Gasteiger partial charge in [-0.2, -0.15) is 13.2 Å². The molecule has 34 heavy (non-hydrogen) atoms. The molecule has 0 atom stereocenters. The molecule has 0 aliphatic carbocycles. The number of hydrogen-bond acceptors (Lipinski definition) is 7. The second kappa shape index (κ2) is 10.7. The molecule has 13 heteroatoms. The number of aliphatic carboxylic acids is 1. The number of phenolic OH excluding ortho intramolecular Hbond substituents is 1. The van der Waals surface area contributed by atoms with Gasteiger partial charge < -0.3 is 25.0 Å². The molecule has 8 nitrogen and oxygen atoms in total. The van der Waals surface area contributed by atoms with E-state index in [9.17, 15) is 22.7 Å². The molecule has 0 amide bonds. The predicted octanol–water partition coefficient (Wildman–Crippen LogP) is 5.06. The first-order valence-electron chi connectivity index (χ1n) is 9.79. The third kappa shape index (κ3) is 6.58.